The molecule has 0 aromatic carbocycles. The van der Waals surface area contributed by atoms with Crippen molar-refractivity contribution in [2.45, 2.75) is 26.2 Å². The van der Waals surface area contributed by atoms with Crippen LogP contribution >= 0.6 is 0 Å². The SMILES string of the molecule is CC(C)c1cc(C(=O)NCCc2ncn[nH]2)cc(NN)n1. The van der Waals surface area contributed by atoms with Crippen molar-refractivity contribution < 1.29 is 4.79 Å². The number of carbonyl (C=O) groups excluding carboxylic acids is 1. The number of rotatable bonds is 6. The van der Waals surface area contributed by atoms with Gasteiger partial charge in [0.2, 0.25) is 0 Å². The number of anilines is 1. The van der Waals surface area contributed by atoms with E-state index in [9.17, 15) is 4.79 Å². The monoisotopic (exact) mass is 289 g/mol. The highest BCUT2D eigenvalue weighted by atomic mass is 16.1. The molecule has 0 fully saturated rings. The Morgan fingerprint density at radius 1 is 1.43 bits per heavy atom. The molecule has 21 heavy (non-hydrogen) atoms. The molecule has 2 aromatic heterocycles. The van der Waals surface area contributed by atoms with Crippen molar-refractivity contribution >= 4 is 11.7 Å². The molecule has 0 unspecified atom stereocenters. The number of hydrogen-bond donors (Lipinski definition) is 4. The molecule has 0 aliphatic heterocycles. The Bertz CT molecular complexity index is 595. The van der Waals surface area contributed by atoms with Gasteiger partial charge in [0, 0.05) is 24.2 Å². The number of aromatic amines is 1. The van der Waals surface area contributed by atoms with Gasteiger partial charge < -0.3 is 10.7 Å². The summed E-state index contributed by atoms with van der Waals surface area (Å²) >= 11 is 0. The lowest BCUT2D eigenvalue weighted by atomic mass is 10.1. The zero-order valence-electron chi connectivity index (χ0n) is 12.1. The van der Waals surface area contributed by atoms with Gasteiger partial charge in [-0.3, -0.25) is 9.89 Å². The molecule has 0 saturated carbocycles. The minimum absolute atomic E-state index is 0.171. The van der Waals surface area contributed by atoms with Crippen molar-refractivity contribution in [2.75, 3.05) is 12.0 Å². The maximum Gasteiger partial charge on any atom is 0.251 e. The number of nitrogens with zero attached hydrogens (tertiary/aromatic N) is 3. The molecule has 0 aliphatic carbocycles. The largest absolute Gasteiger partial charge is 0.352 e. The van der Waals surface area contributed by atoms with E-state index >= 15 is 0 Å². The molecule has 8 heteroatoms. The Labute approximate surface area is 122 Å². The Hall–Kier alpha value is -2.48. The van der Waals surface area contributed by atoms with Gasteiger partial charge in [0.25, 0.3) is 5.91 Å². The number of hydrazine groups is 1. The lowest BCUT2D eigenvalue weighted by Gasteiger charge is -2.11. The third-order valence-corrected chi connectivity index (χ3v) is 2.96. The first-order chi connectivity index (χ1) is 10.1. The van der Waals surface area contributed by atoms with Gasteiger partial charge in [0.1, 0.15) is 18.0 Å². The van der Waals surface area contributed by atoms with Crippen molar-refractivity contribution in [3.8, 4) is 0 Å². The molecule has 2 heterocycles. The van der Waals surface area contributed by atoms with E-state index in [1.54, 1.807) is 12.1 Å². The van der Waals surface area contributed by atoms with E-state index in [-0.39, 0.29) is 11.8 Å². The van der Waals surface area contributed by atoms with Crippen molar-refractivity contribution in [3.05, 3.63) is 35.5 Å². The summed E-state index contributed by atoms with van der Waals surface area (Å²) in [6.07, 6.45) is 2.03. The predicted molar refractivity (Wildman–Crippen MR) is 78.6 cm³/mol. The Morgan fingerprint density at radius 2 is 2.24 bits per heavy atom. The average molecular weight is 289 g/mol. The second-order valence-electron chi connectivity index (χ2n) is 4.90. The molecule has 0 bridgehead atoms. The molecule has 1 amide bonds. The normalized spacial score (nSPS) is 10.7. The second kappa shape index (κ2) is 6.80. The molecule has 0 radical (unpaired) electrons. The van der Waals surface area contributed by atoms with E-state index in [1.807, 2.05) is 13.8 Å². The summed E-state index contributed by atoms with van der Waals surface area (Å²) < 4.78 is 0. The third kappa shape index (κ3) is 3.99. The van der Waals surface area contributed by atoms with Crippen LogP contribution in [0.1, 0.15) is 41.6 Å². The zero-order chi connectivity index (χ0) is 15.2. The Balaban J connectivity index is 2.02. The first-order valence-electron chi connectivity index (χ1n) is 6.71. The summed E-state index contributed by atoms with van der Waals surface area (Å²) in [6, 6.07) is 3.39. The van der Waals surface area contributed by atoms with E-state index in [1.165, 1.54) is 6.33 Å². The van der Waals surface area contributed by atoms with E-state index < -0.39 is 0 Å². The fourth-order valence-electron chi connectivity index (χ4n) is 1.80. The van der Waals surface area contributed by atoms with Crippen LogP contribution in [0, 0.1) is 0 Å². The number of carbonyl (C=O) groups is 1. The number of nitrogen functional groups attached to an aromatic ring is 1. The van der Waals surface area contributed by atoms with Crippen LogP contribution in [0.15, 0.2) is 18.5 Å². The topological polar surface area (TPSA) is 122 Å². The number of amides is 1. The Morgan fingerprint density at radius 3 is 2.86 bits per heavy atom. The number of pyridine rings is 1. The molecule has 0 aliphatic rings. The highest BCUT2D eigenvalue weighted by Crippen LogP contribution is 2.17. The maximum absolute atomic E-state index is 12.2. The molecule has 2 rings (SSSR count). The summed E-state index contributed by atoms with van der Waals surface area (Å²) in [6.45, 7) is 4.49. The molecule has 5 N–H and O–H groups in total. The van der Waals surface area contributed by atoms with Crippen LogP contribution in [-0.2, 0) is 6.42 Å². The molecule has 0 saturated heterocycles. The summed E-state index contributed by atoms with van der Waals surface area (Å²) in [5, 5.41) is 9.33. The van der Waals surface area contributed by atoms with Gasteiger partial charge in [-0.05, 0) is 18.1 Å². The van der Waals surface area contributed by atoms with Gasteiger partial charge in [0.15, 0.2) is 0 Å². The van der Waals surface area contributed by atoms with E-state index in [4.69, 9.17) is 5.84 Å². The van der Waals surface area contributed by atoms with Crippen LogP contribution in [0.2, 0.25) is 0 Å². The number of hydrogen-bond acceptors (Lipinski definition) is 6. The number of nitrogens with one attached hydrogen (secondary N) is 3. The van der Waals surface area contributed by atoms with Crippen LogP contribution in [0.4, 0.5) is 5.82 Å². The molecule has 2 aromatic rings. The van der Waals surface area contributed by atoms with Gasteiger partial charge in [-0.1, -0.05) is 13.8 Å². The van der Waals surface area contributed by atoms with Crippen LogP contribution in [0.5, 0.6) is 0 Å². The molecule has 0 atom stereocenters. The highest BCUT2D eigenvalue weighted by molar-refractivity contribution is 5.95. The predicted octanol–water partition coefficient (Wildman–Crippen LogP) is 0.581. The molecule has 8 nitrogen and oxygen atoms in total. The van der Waals surface area contributed by atoms with Crippen molar-refractivity contribution in [1.29, 1.82) is 0 Å². The van der Waals surface area contributed by atoms with E-state index in [0.29, 0.717) is 24.3 Å². The summed E-state index contributed by atoms with van der Waals surface area (Å²) in [5.41, 5.74) is 3.82. The van der Waals surface area contributed by atoms with Crippen molar-refractivity contribution in [3.63, 3.8) is 0 Å². The fourth-order valence-corrected chi connectivity index (χ4v) is 1.80. The lowest BCUT2D eigenvalue weighted by molar-refractivity contribution is 0.0954. The van der Waals surface area contributed by atoms with Gasteiger partial charge in [-0.15, -0.1) is 0 Å². The molecule has 0 spiro atoms. The van der Waals surface area contributed by atoms with Crippen LogP contribution < -0.4 is 16.6 Å². The minimum Gasteiger partial charge on any atom is -0.352 e. The van der Waals surface area contributed by atoms with Crippen LogP contribution in [0.3, 0.4) is 0 Å². The minimum atomic E-state index is -0.171. The second-order valence-corrected chi connectivity index (χ2v) is 4.90. The standard InChI is InChI=1S/C13H19N7O/c1-8(2)10-5-9(6-12(18-10)19-14)13(21)15-4-3-11-16-7-17-20-11/h5-8H,3-4,14H2,1-2H3,(H,15,21)(H,18,19)(H,16,17,20). The fraction of sp³-hybridized carbons (Fsp3) is 0.385. The quantitative estimate of drug-likeness (QED) is 0.456. The average Bonchev–Trinajstić information content (AvgIpc) is 2.99. The maximum atomic E-state index is 12.2. The number of nitrogens with two attached hydrogens (primary N) is 1. The molecular weight excluding hydrogens is 270 g/mol. The van der Waals surface area contributed by atoms with Crippen LogP contribution in [0.25, 0.3) is 0 Å². The summed E-state index contributed by atoms with van der Waals surface area (Å²) in [7, 11) is 0. The van der Waals surface area contributed by atoms with E-state index in [2.05, 4.69) is 30.9 Å². The number of aromatic nitrogens is 4. The van der Waals surface area contributed by atoms with Crippen molar-refractivity contribution in [2.24, 2.45) is 5.84 Å². The smallest absolute Gasteiger partial charge is 0.251 e. The van der Waals surface area contributed by atoms with Gasteiger partial charge >= 0.3 is 0 Å². The third-order valence-electron chi connectivity index (χ3n) is 2.96. The van der Waals surface area contributed by atoms with Gasteiger partial charge in [0.05, 0.1) is 0 Å². The van der Waals surface area contributed by atoms with Gasteiger partial charge in [-0.2, -0.15) is 5.10 Å². The first-order valence-corrected chi connectivity index (χ1v) is 6.71. The first kappa shape index (κ1) is 14.9. The Kier molecular flexibility index (Phi) is 4.83. The molecule has 112 valence electrons. The highest BCUT2D eigenvalue weighted by Gasteiger charge is 2.11. The lowest BCUT2D eigenvalue weighted by Crippen LogP contribution is -2.26. The zero-order valence-corrected chi connectivity index (χ0v) is 12.1. The van der Waals surface area contributed by atoms with Crippen molar-refractivity contribution in [1.82, 2.24) is 25.5 Å². The van der Waals surface area contributed by atoms with E-state index in [0.717, 1.165) is 11.5 Å². The van der Waals surface area contributed by atoms with Gasteiger partial charge in [-0.25, -0.2) is 15.8 Å². The van der Waals surface area contributed by atoms with Crippen LogP contribution in [-0.4, -0.2) is 32.6 Å². The summed E-state index contributed by atoms with van der Waals surface area (Å²) in [5.74, 6) is 6.63. The summed E-state index contributed by atoms with van der Waals surface area (Å²) in [4.78, 5) is 20.5. The number of H-pyrrole nitrogens is 1. The molecular formula is C13H19N7O.